The fraction of sp³-hybridized carbons (Fsp3) is 0.280. The highest BCUT2D eigenvalue weighted by atomic mass is 32.2. The summed E-state index contributed by atoms with van der Waals surface area (Å²) in [5.74, 6) is 0.618. The fourth-order valence-electron chi connectivity index (χ4n) is 3.31. The minimum atomic E-state index is -3.97. The normalized spacial score (nSPS) is 11.7. The van der Waals surface area contributed by atoms with Crippen LogP contribution in [0.4, 0.5) is 11.4 Å². The summed E-state index contributed by atoms with van der Waals surface area (Å²) < 4.78 is 31.8. The van der Waals surface area contributed by atoms with Gasteiger partial charge in [-0.1, -0.05) is 51.5 Å². The maximum Gasteiger partial charge on any atom is 0.339 e. The van der Waals surface area contributed by atoms with E-state index in [0.29, 0.717) is 5.75 Å². The zero-order valence-corrected chi connectivity index (χ0v) is 19.3. The molecule has 0 amide bonds. The van der Waals surface area contributed by atoms with E-state index in [2.05, 4.69) is 5.32 Å². The van der Waals surface area contributed by atoms with E-state index >= 15 is 0 Å². The molecular weight excluding hydrogens is 410 g/mol. The van der Waals surface area contributed by atoms with Gasteiger partial charge in [-0.3, -0.25) is 0 Å². The van der Waals surface area contributed by atoms with Gasteiger partial charge < -0.3 is 14.6 Å². The predicted octanol–water partition coefficient (Wildman–Crippen LogP) is 6.46. The lowest BCUT2D eigenvalue weighted by Gasteiger charge is -2.22. The van der Waals surface area contributed by atoms with E-state index in [9.17, 15) is 13.5 Å². The molecule has 164 valence electrons. The Morgan fingerprint density at radius 3 is 1.94 bits per heavy atom. The van der Waals surface area contributed by atoms with Crippen LogP contribution < -0.4 is 9.50 Å². The van der Waals surface area contributed by atoms with Crippen LogP contribution in [0.3, 0.4) is 0 Å². The van der Waals surface area contributed by atoms with Crippen LogP contribution in [0, 0.1) is 6.92 Å². The van der Waals surface area contributed by atoms with E-state index in [1.807, 2.05) is 52.8 Å². The predicted molar refractivity (Wildman–Crippen MR) is 125 cm³/mol. The Balaban J connectivity index is 2.07. The summed E-state index contributed by atoms with van der Waals surface area (Å²) in [4.78, 5) is 0.129. The molecule has 0 saturated heterocycles. The van der Waals surface area contributed by atoms with Gasteiger partial charge in [0.25, 0.3) is 0 Å². The van der Waals surface area contributed by atoms with Crippen molar-refractivity contribution in [2.75, 3.05) is 5.32 Å². The number of hydrogen-bond acceptors (Lipinski definition) is 5. The first-order chi connectivity index (χ1) is 14.6. The average molecular weight is 440 g/mol. The van der Waals surface area contributed by atoms with E-state index in [0.717, 1.165) is 28.1 Å². The first-order valence-corrected chi connectivity index (χ1v) is 11.7. The van der Waals surface area contributed by atoms with Crippen LogP contribution in [-0.2, 0) is 10.1 Å². The molecule has 0 heterocycles. The number of nitrogens with one attached hydrogen (secondary N) is 1. The van der Waals surface area contributed by atoms with Crippen LogP contribution in [0.1, 0.15) is 56.2 Å². The van der Waals surface area contributed by atoms with Gasteiger partial charge in [0.2, 0.25) is 0 Å². The number of aromatic hydroxyl groups is 1. The molecule has 0 saturated carbocycles. The van der Waals surface area contributed by atoms with E-state index < -0.39 is 10.1 Å². The molecule has 3 aromatic rings. The van der Waals surface area contributed by atoms with Gasteiger partial charge in [0, 0.05) is 28.6 Å². The van der Waals surface area contributed by atoms with Gasteiger partial charge in [-0.15, -0.1) is 0 Å². The van der Waals surface area contributed by atoms with E-state index in [1.165, 1.54) is 0 Å². The third-order valence-corrected chi connectivity index (χ3v) is 6.26. The maximum absolute atomic E-state index is 13.0. The molecule has 2 N–H and O–H groups in total. The summed E-state index contributed by atoms with van der Waals surface area (Å²) >= 11 is 0. The Bertz CT molecular complexity index is 1140. The summed E-state index contributed by atoms with van der Waals surface area (Å²) in [7, 11) is -3.97. The van der Waals surface area contributed by atoms with Crippen molar-refractivity contribution in [2.45, 2.75) is 51.3 Å². The van der Waals surface area contributed by atoms with Gasteiger partial charge in [0.15, 0.2) is 0 Å². The third kappa shape index (κ3) is 5.39. The van der Waals surface area contributed by atoms with E-state index in [-0.39, 0.29) is 22.5 Å². The molecule has 0 aliphatic rings. The number of aryl methyl sites for hydroxylation is 1. The molecule has 31 heavy (non-hydrogen) atoms. The van der Waals surface area contributed by atoms with Gasteiger partial charge in [0.1, 0.15) is 16.4 Å². The Hall–Kier alpha value is -2.99. The molecule has 3 rings (SSSR count). The Kier molecular flexibility index (Phi) is 6.60. The number of benzene rings is 3. The SMILES string of the molecule is Cc1ccc(S(=O)(=O)Oc2c(C(C)C)cc(Nc3cccc(O)c3)cc2C(C)C)cc1. The standard InChI is InChI=1S/C25H29NO4S/c1-16(2)23-14-20(26-19-7-6-8-21(27)13-19)15-24(17(3)4)25(23)30-31(28,29)22-11-9-18(5)10-12-22/h6-17,26-27H,1-5H3. The minimum Gasteiger partial charge on any atom is -0.508 e. The largest absolute Gasteiger partial charge is 0.508 e. The number of phenolic OH excluding ortho intramolecular Hbond substituents is 1. The molecule has 0 spiro atoms. The lowest BCUT2D eigenvalue weighted by atomic mass is 9.93. The number of rotatable bonds is 7. The highest BCUT2D eigenvalue weighted by molar-refractivity contribution is 7.87. The Morgan fingerprint density at radius 1 is 0.839 bits per heavy atom. The summed E-state index contributed by atoms with van der Waals surface area (Å²) in [6, 6.07) is 17.3. The van der Waals surface area contributed by atoms with Crippen LogP contribution in [0.2, 0.25) is 0 Å². The number of hydrogen-bond donors (Lipinski definition) is 2. The zero-order valence-electron chi connectivity index (χ0n) is 18.5. The lowest BCUT2D eigenvalue weighted by molar-refractivity contribution is 0.474. The van der Waals surface area contributed by atoms with Crippen LogP contribution in [-0.4, -0.2) is 13.5 Å². The molecule has 6 heteroatoms. The maximum atomic E-state index is 13.0. The van der Waals surface area contributed by atoms with Crippen molar-refractivity contribution < 1.29 is 17.7 Å². The molecule has 5 nitrogen and oxygen atoms in total. The van der Waals surface area contributed by atoms with Crippen molar-refractivity contribution >= 4 is 21.5 Å². The van der Waals surface area contributed by atoms with Crippen molar-refractivity contribution in [3.05, 3.63) is 77.4 Å². The second-order valence-electron chi connectivity index (χ2n) is 8.32. The fourth-order valence-corrected chi connectivity index (χ4v) is 4.29. The molecule has 0 radical (unpaired) electrons. The molecule has 0 fully saturated rings. The van der Waals surface area contributed by atoms with Gasteiger partial charge in [-0.25, -0.2) is 0 Å². The topological polar surface area (TPSA) is 75.6 Å². The van der Waals surface area contributed by atoms with Gasteiger partial charge >= 0.3 is 10.1 Å². The van der Waals surface area contributed by atoms with E-state index in [1.54, 1.807) is 42.5 Å². The lowest BCUT2D eigenvalue weighted by Crippen LogP contribution is -2.14. The van der Waals surface area contributed by atoms with Crippen LogP contribution >= 0.6 is 0 Å². The molecule has 0 bridgehead atoms. The van der Waals surface area contributed by atoms with Crippen molar-refractivity contribution in [3.63, 3.8) is 0 Å². The van der Waals surface area contributed by atoms with Crippen molar-refractivity contribution in [1.29, 1.82) is 0 Å². The van der Waals surface area contributed by atoms with Gasteiger partial charge in [-0.2, -0.15) is 8.42 Å². The first-order valence-electron chi connectivity index (χ1n) is 10.3. The minimum absolute atomic E-state index is 0.0339. The highest BCUT2D eigenvalue weighted by Gasteiger charge is 2.24. The number of phenols is 1. The molecule has 0 aliphatic heterocycles. The molecule has 0 aromatic heterocycles. The van der Waals surface area contributed by atoms with Crippen molar-refractivity contribution in [1.82, 2.24) is 0 Å². The van der Waals surface area contributed by atoms with Crippen LogP contribution in [0.5, 0.6) is 11.5 Å². The molecule has 0 unspecified atom stereocenters. The van der Waals surface area contributed by atoms with Crippen LogP contribution in [0.15, 0.2) is 65.6 Å². The number of anilines is 2. The second kappa shape index (κ2) is 9.02. The smallest absolute Gasteiger partial charge is 0.339 e. The summed E-state index contributed by atoms with van der Waals surface area (Å²) in [5.41, 5.74) is 4.12. The first kappa shape index (κ1) is 22.7. The van der Waals surface area contributed by atoms with Crippen LogP contribution in [0.25, 0.3) is 0 Å². The molecule has 0 aliphatic carbocycles. The van der Waals surface area contributed by atoms with Crippen molar-refractivity contribution in [2.24, 2.45) is 0 Å². The zero-order chi connectivity index (χ0) is 22.8. The summed E-state index contributed by atoms with van der Waals surface area (Å²) in [6.45, 7) is 9.92. The molecule has 3 aromatic carbocycles. The summed E-state index contributed by atoms with van der Waals surface area (Å²) in [5, 5.41) is 13.0. The monoisotopic (exact) mass is 439 g/mol. The Labute approximate surface area is 184 Å². The quantitative estimate of drug-likeness (QED) is 0.413. The Morgan fingerprint density at radius 2 is 1.42 bits per heavy atom. The van der Waals surface area contributed by atoms with Gasteiger partial charge in [-0.05, 0) is 55.2 Å². The third-order valence-electron chi connectivity index (χ3n) is 5.03. The second-order valence-corrected chi connectivity index (χ2v) is 9.87. The molecule has 0 atom stereocenters. The van der Waals surface area contributed by atoms with E-state index in [4.69, 9.17) is 4.18 Å². The molecular formula is C25H29NO4S. The highest BCUT2D eigenvalue weighted by Crippen LogP contribution is 2.39. The summed E-state index contributed by atoms with van der Waals surface area (Å²) in [6.07, 6.45) is 0. The van der Waals surface area contributed by atoms with Gasteiger partial charge in [0.05, 0.1) is 0 Å². The van der Waals surface area contributed by atoms with Crippen molar-refractivity contribution in [3.8, 4) is 11.5 Å². The average Bonchev–Trinajstić information content (AvgIpc) is 2.68.